The molecule has 0 unspecified atom stereocenters. The van der Waals surface area contributed by atoms with Crippen molar-refractivity contribution in [1.82, 2.24) is 9.32 Å². The van der Waals surface area contributed by atoms with Gasteiger partial charge in [-0.3, -0.25) is 8.90 Å². The Labute approximate surface area is 112 Å². The van der Waals surface area contributed by atoms with Gasteiger partial charge in [0.05, 0.1) is 0 Å². The Kier molecular flexibility index (Phi) is 3.06. The van der Waals surface area contributed by atoms with Crippen LogP contribution < -0.4 is 10.6 Å². The maximum Gasteiger partial charge on any atom is 0.234 e. The monoisotopic (exact) mass is 268 g/mol. The standard InChI is InChI=1S/C15H13N2OP/c18-19(17-12-11-16-13-17,14-7-3-1-4-8-14)15-9-5-2-6-10-15/h1-13H. The predicted octanol–water partition coefficient (Wildman–Crippen LogP) is 2.66. The molecule has 0 fully saturated rings. The highest BCUT2D eigenvalue weighted by molar-refractivity contribution is 7.77. The van der Waals surface area contributed by atoms with Crippen LogP contribution in [0.4, 0.5) is 0 Å². The van der Waals surface area contributed by atoms with Gasteiger partial charge in [0.1, 0.15) is 6.33 Å². The summed E-state index contributed by atoms with van der Waals surface area (Å²) in [5.41, 5.74) is 0. The molecular formula is C15H13N2OP. The highest BCUT2D eigenvalue weighted by Crippen LogP contribution is 2.44. The quantitative estimate of drug-likeness (QED) is 0.684. The molecule has 3 nitrogen and oxygen atoms in total. The van der Waals surface area contributed by atoms with Gasteiger partial charge in [0.25, 0.3) is 0 Å². The molecule has 0 radical (unpaired) electrons. The molecule has 1 aromatic heterocycles. The Bertz CT molecular complexity index is 650. The molecular weight excluding hydrogens is 255 g/mol. The molecule has 0 aliphatic heterocycles. The van der Waals surface area contributed by atoms with Gasteiger partial charge in [-0.1, -0.05) is 36.4 Å². The van der Waals surface area contributed by atoms with E-state index in [1.807, 2.05) is 60.7 Å². The van der Waals surface area contributed by atoms with Crippen LogP contribution in [0.15, 0.2) is 79.4 Å². The van der Waals surface area contributed by atoms with Gasteiger partial charge in [-0.05, 0) is 24.3 Å². The summed E-state index contributed by atoms with van der Waals surface area (Å²) in [4.78, 5) is 4.03. The van der Waals surface area contributed by atoms with Gasteiger partial charge in [-0.25, -0.2) is 4.98 Å². The zero-order valence-corrected chi connectivity index (χ0v) is 11.1. The fourth-order valence-corrected chi connectivity index (χ4v) is 4.53. The number of benzene rings is 2. The molecule has 19 heavy (non-hydrogen) atoms. The first-order chi connectivity index (χ1) is 9.32. The lowest BCUT2D eigenvalue weighted by Gasteiger charge is -2.20. The Morgan fingerprint density at radius 1 is 0.842 bits per heavy atom. The molecule has 0 atom stereocenters. The van der Waals surface area contributed by atoms with Crippen molar-refractivity contribution in [1.29, 1.82) is 0 Å². The molecule has 2 aromatic carbocycles. The predicted molar refractivity (Wildman–Crippen MR) is 77.4 cm³/mol. The Balaban J connectivity index is 2.26. The van der Waals surface area contributed by atoms with Gasteiger partial charge in [-0.2, -0.15) is 0 Å². The second-order valence-electron chi connectivity index (χ2n) is 4.19. The van der Waals surface area contributed by atoms with Gasteiger partial charge in [0.15, 0.2) is 0 Å². The smallest absolute Gasteiger partial charge is 0.234 e. The number of nitrogens with zero attached hydrogens (tertiary/aromatic N) is 2. The van der Waals surface area contributed by atoms with Crippen molar-refractivity contribution in [3.63, 3.8) is 0 Å². The first-order valence-corrected chi connectivity index (χ1v) is 7.68. The number of aromatic nitrogens is 2. The van der Waals surface area contributed by atoms with E-state index in [4.69, 9.17) is 0 Å². The normalized spacial score (nSPS) is 11.4. The molecule has 0 amide bonds. The minimum atomic E-state index is -2.87. The first kappa shape index (κ1) is 11.9. The molecule has 94 valence electrons. The summed E-state index contributed by atoms with van der Waals surface area (Å²) in [5.74, 6) is 0. The van der Waals surface area contributed by atoms with Gasteiger partial charge in [-0.15, -0.1) is 0 Å². The van der Waals surface area contributed by atoms with E-state index >= 15 is 0 Å². The van der Waals surface area contributed by atoms with Gasteiger partial charge >= 0.3 is 0 Å². The van der Waals surface area contributed by atoms with Crippen LogP contribution in [-0.2, 0) is 4.57 Å². The van der Waals surface area contributed by atoms with E-state index < -0.39 is 7.29 Å². The largest absolute Gasteiger partial charge is 0.289 e. The van der Waals surface area contributed by atoms with E-state index in [2.05, 4.69) is 4.98 Å². The molecule has 0 N–H and O–H groups in total. The lowest BCUT2D eigenvalue weighted by Crippen LogP contribution is -2.20. The van der Waals surface area contributed by atoms with Gasteiger partial charge < -0.3 is 0 Å². The molecule has 0 bridgehead atoms. The van der Waals surface area contributed by atoms with Crippen molar-refractivity contribution in [2.75, 3.05) is 0 Å². The number of rotatable bonds is 3. The maximum absolute atomic E-state index is 13.6. The molecule has 4 heteroatoms. The third-order valence-electron chi connectivity index (χ3n) is 3.03. The topological polar surface area (TPSA) is 34.9 Å². The van der Waals surface area contributed by atoms with Crippen molar-refractivity contribution < 1.29 is 4.57 Å². The van der Waals surface area contributed by atoms with Crippen LogP contribution in [-0.4, -0.2) is 9.32 Å². The number of hydrogen-bond donors (Lipinski definition) is 0. The van der Waals surface area contributed by atoms with Crippen molar-refractivity contribution in [3.8, 4) is 0 Å². The summed E-state index contributed by atoms with van der Waals surface area (Å²) < 4.78 is 15.3. The van der Waals surface area contributed by atoms with Crippen LogP contribution in [0, 0.1) is 0 Å². The van der Waals surface area contributed by atoms with Crippen LogP contribution >= 0.6 is 7.29 Å². The van der Waals surface area contributed by atoms with Crippen LogP contribution in [0.2, 0.25) is 0 Å². The summed E-state index contributed by atoms with van der Waals surface area (Å²) in [5, 5.41) is 1.61. The van der Waals surface area contributed by atoms with Crippen LogP contribution in [0.5, 0.6) is 0 Å². The van der Waals surface area contributed by atoms with E-state index in [0.29, 0.717) is 0 Å². The molecule has 0 aliphatic carbocycles. The third-order valence-corrected chi connectivity index (χ3v) is 5.91. The molecule has 0 saturated carbocycles. The fraction of sp³-hybridized carbons (Fsp3) is 0. The van der Waals surface area contributed by atoms with Crippen LogP contribution in [0.3, 0.4) is 0 Å². The molecule has 0 saturated heterocycles. The summed E-state index contributed by atoms with van der Waals surface area (Å²) in [6.07, 6.45) is 5.01. The second-order valence-corrected chi connectivity index (χ2v) is 6.84. The Hall–Kier alpha value is -2.12. The zero-order valence-electron chi connectivity index (χ0n) is 10.3. The van der Waals surface area contributed by atoms with Crippen molar-refractivity contribution in [2.45, 2.75) is 0 Å². The molecule has 3 aromatic rings. The van der Waals surface area contributed by atoms with Gasteiger partial charge in [0.2, 0.25) is 7.29 Å². The maximum atomic E-state index is 13.6. The summed E-state index contributed by atoms with van der Waals surface area (Å²) in [7, 11) is -2.87. The second kappa shape index (κ2) is 4.87. The highest BCUT2D eigenvalue weighted by atomic mass is 31.2. The third kappa shape index (κ3) is 2.02. The van der Waals surface area contributed by atoms with E-state index in [9.17, 15) is 4.57 Å². The zero-order chi connectivity index (χ0) is 13.1. The van der Waals surface area contributed by atoms with E-state index in [1.165, 1.54) is 0 Å². The average Bonchev–Trinajstić information content (AvgIpc) is 3.03. The van der Waals surface area contributed by atoms with Crippen molar-refractivity contribution in [3.05, 3.63) is 79.4 Å². The fourth-order valence-electron chi connectivity index (χ4n) is 2.09. The van der Waals surface area contributed by atoms with E-state index in [0.717, 1.165) is 10.6 Å². The summed E-state index contributed by atoms with van der Waals surface area (Å²) in [6, 6.07) is 19.1. The number of hydrogen-bond acceptors (Lipinski definition) is 2. The summed E-state index contributed by atoms with van der Waals surface area (Å²) >= 11 is 0. The van der Waals surface area contributed by atoms with Crippen molar-refractivity contribution in [2.24, 2.45) is 0 Å². The van der Waals surface area contributed by atoms with Gasteiger partial charge in [0, 0.05) is 23.0 Å². The minimum Gasteiger partial charge on any atom is -0.289 e. The molecule has 0 spiro atoms. The summed E-state index contributed by atoms with van der Waals surface area (Å²) in [6.45, 7) is 0. The molecule has 1 heterocycles. The minimum absolute atomic E-state index is 0.805. The number of imidazole rings is 1. The van der Waals surface area contributed by atoms with Crippen molar-refractivity contribution >= 4 is 17.9 Å². The average molecular weight is 268 g/mol. The molecule has 3 rings (SSSR count). The Morgan fingerprint density at radius 2 is 1.37 bits per heavy atom. The van der Waals surface area contributed by atoms with Crippen LogP contribution in [0.1, 0.15) is 0 Å². The first-order valence-electron chi connectivity index (χ1n) is 6.02. The molecule has 0 aliphatic rings. The lowest BCUT2D eigenvalue weighted by atomic mass is 10.4. The van der Waals surface area contributed by atoms with E-state index in [1.54, 1.807) is 23.1 Å². The Morgan fingerprint density at radius 3 is 1.79 bits per heavy atom. The lowest BCUT2D eigenvalue weighted by molar-refractivity contribution is 0.581. The van der Waals surface area contributed by atoms with Crippen LogP contribution in [0.25, 0.3) is 0 Å². The SMILES string of the molecule is O=P(c1ccccc1)(c1ccccc1)n1ccnc1. The van der Waals surface area contributed by atoms with E-state index in [-0.39, 0.29) is 0 Å². The highest BCUT2D eigenvalue weighted by Gasteiger charge is 2.28.